The molecule has 112 valence electrons. The predicted octanol–water partition coefficient (Wildman–Crippen LogP) is 3.45. The third-order valence-electron chi connectivity index (χ3n) is 4.17. The Morgan fingerprint density at radius 3 is 2.90 bits per heavy atom. The summed E-state index contributed by atoms with van der Waals surface area (Å²) >= 11 is 0. The van der Waals surface area contributed by atoms with Gasteiger partial charge < -0.3 is 9.88 Å². The first-order chi connectivity index (χ1) is 10.1. The van der Waals surface area contributed by atoms with E-state index >= 15 is 0 Å². The van der Waals surface area contributed by atoms with E-state index in [1.807, 2.05) is 10.8 Å². The van der Waals surface area contributed by atoms with E-state index in [2.05, 4.69) is 17.2 Å². The number of halogens is 2. The van der Waals surface area contributed by atoms with Gasteiger partial charge in [-0.3, -0.25) is 0 Å². The molecule has 1 saturated heterocycles. The van der Waals surface area contributed by atoms with Crippen LogP contribution in [0.1, 0.15) is 31.4 Å². The van der Waals surface area contributed by atoms with E-state index in [0.717, 1.165) is 19.4 Å². The average Bonchev–Trinajstić information content (AvgIpc) is 2.93. The number of nitrogens with one attached hydrogen (secondary N) is 1. The molecule has 1 aromatic carbocycles. The summed E-state index contributed by atoms with van der Waals surface area (Å²) in [5, 5.41) is 3.38. The van der Waals surface area contributed by atoms with Crippen molar-refractivity contribution in [2.24, 2.45) is 0 Å². The number of imidazole rings is 1. The van der Waals surface area contributed by atoms with Crippen molar-refractivity contribution < 1.29 is 8.78 Å². The fraction of sp³-hybridized carbons (Fsp3) is 0.438. The molecule has 2 aromatic rings. The highest BCUT2D eigenvalue weighted by atomic mass is 19.1. The molecule has 1 fully saturated rings. The summed E-state index contributed by atoms with van der Waals surface area (Å²) in [6.45, 7) is 4.66. The predicted molar refractivity (Wildman–Crippen MR) is 78.1 cm³/mol. The lowest BCUT2D eigenvalue weighted by Crippen LogP contribution is -2.36. The van der Waals surface area contributed by atoms with Gasteiger partial charge in [0.15, 0.2) is 0 Å². The first-order valence-corrected chi connectivity index (χ1v) is 7.29. The van der Waals surface area contributed by atoms with E-state index in [0.29, 0.717) is 17.4 Å². The molecule has 0 aliphatic carbocycles. The molecule has 0 radical (unpaired) electrons. The zero-order chi connectivity index (χ0) is 15.0. The summed E-state index contributed by atoms with van der Waals surface area (Å²) in [6, 6.07) is 3.37. The Kier molecular flexibility index (Phi) is 3.76. The number of piperidine rings is 1. The number of rotatable bonds is 2. The highest BCUT2D eigenvalue weighted by molar-refractivity contribution is 5.59. The maximum absolute atomic E-state index is 14.3. The van der Waals surface area contributed by atoms with Gasteiger partial charge in [0.05, 0.1) is 5.56 Å². The Hall–Kier alpha value is -1.75. The Balaban J connectivity index is 2.05. The number of hydrogen-bond donors (Lipinski definition) is 1. The molecular weight excluding hydrogens is 272 g/mol. The van der Waals surface area contributed by atoms with Crippen molar-refractivity contribution >= 4 is 0 Å². The summed E-state index contributed by atoms with van der Waals surface area (Å²) < 4.78 is 30.4. The van der Waals surface area contributed by atoms with Crippen molar-refractivity contribution in [1.29, 1.82) is 0 Å². The minimum atomic E-state index is -0.562. The molecule has 0 amide bonds. The van der Waals surface area contributed by atoms with Crippen LogP contribution >= 0.6 is 0 Å². The molecule has 3 nitrogen and oxygen atoms in total. The first-order valence-electron chi connectivity index (χ1n) is 7.29. The molecule has 0 unspecified atom stereocenters. The van der Waals surface area contributed by atoms with Crippen LogP contribution in [0.2, 0.25) is 0 Å². The van der Waals surface area contributed by atoms with Crippen molar-refractivity contribution in [3.8, 4) is 11.4 Å². The molecular formula is C16H19F2N3. The Morgan fingerprint density at radius 1 is 1.33 bits per heavy atom. The van der Waals surface area contributed by atoms with Crippen molar-refractivity contribution in [2.45, 2.75) is 38.8 Å². The number of hydrogen-bond acceptors (Lipinski definition) is 2. The van der Waals surface area contributed by atoms with Gasteiger partial charge in [-0.1, -0.05) is 6.07 Å². The Labute approximate surface area is 123 Å². The summed E-state index contributed by atoms with van der Waals surface area (Å²) in [7, 11) is 0. The van der Waals surface area contributed by atoms with E-state index in [4.69, 9.17) is 0 Å². The minimum absolute atomic E-state index is 0.0221. The zero-order valence-corrected chi connectivity index (χ0v) is 12.2. The van der Waals surface area contributed by atoms with Gasteiger partial charge in [0.2, 0.25) is 0 Å². The van der Waals surface area contributed by atoms with Crippen molar-refractivity contribution in [1.82, 2.24) is 14.9 Å². The molecule has 1 N–H and O–H groups in total. The second-order valence-electron chi connectivity index (χ2n) is 5.74. The van der Waals surface area contributed by atoms with E-state index in [1.54, 1.807) is 13.1 Å². The summed E-state index contributed by atoms with van der Waals surface area (Å²) in [5.74, 6) is -0.704. The van der Waals surface area contributed by atoms with Crippen LogP contribution in [0.4, 0.5) is 8.78 Å². The number of nitrogens with zero attached hydrogens (tertiary/aromatic N) is 2. The molecule has 0 saturated carbocycles. The van der Waals surface area contributed by atoms with Gasteiger partial charge in [0.1, 0.15) is 17.5 Å². The highest BCUT2D eigenvalue weighted by Crippen LogP contribution is 2.31. The number of aryl methyl sites for hydroxylation is 1. The van der Waals surface area contributed by atoms with Gasteiger partial charge in [0.25, 0.3) is 0 Å². The molecule has 5 heteroatoms. The monoisotopic (exact) mass is 291 g/mol. The average molecular weight is 291 g/mol. The van der Waals surface area contributed by atoms with E-state index in [9.17, 15) is 8.78 Å². The molecule has 1 aromatic heterocycles. The second-order valence-corrected chi connectivity index (χ2v) is 5.74. The van der Waals surface area contributed by atoms with Crippen LogP contribution in [0.5, 0.6) is 0 Å². The van der Waals surface area contributed by atoms with E-state index < -0.39 is 11.6 Å². The normalized spacial score (nSPS) is 22.5. The molecule has 1 aliphatic rings. The quantitative estimate of drug-likeness (QED) is 0.918. The van der Waals surface area contributed by atoms with Gasteiger partial charge in [-0.15, -0.1) is 0 Å². The Morgan fingerprint density at radius 2 is 2.14 bits per heavy atom. The lowest BCUT2D eigenvalue weighted by Gasteiger charge is -2.30. The summed E-state index contributed by atoms with van der Waals surface area (Å²) in [4.78, 5) is 4.21. The minimum Gasteiger partial charge on any atom is -0.328 e. The molecule has 2 atom stereocenters. The van der Waals surface area contributed by atoms with Crippen LogP contribution in [0.3, 0.4) is 0 Å². The van der Waals surface area contributed by atoms with Crippen LogP contribution in [0, 0.1) is 18.6 Å². The standard InChI is InChI=1S/C16H19F2N3/c1-10-3-4-13(17)14(15(10)18)16-20-7-8-21(16)12-5-6-19-11(2)9-12/h3-4,7-8,11-12,19H,5-6,9H2,1-2H3/t11-,12-/m1/s1. The molecule has 1 aliphatic heterocycles. The third-order valence-corrected chi connectivity index (χ3v) is 4.17. The largest absolute Gasteiger partial charge is 0.328 e. The molecule has 21 heavy (non-hydrogen) atoms. The summed E-state index contributed by atoms with van der Waals surface area (Å²) in [6.07, 6.45) is 5.30. The molecule has 0 bridgehead atoms. The number of benzene rings is 1. The molecule has 0 spiro atoms. The second kappa shape index (κ2) is 5.56. The topological polar surface area (TPSA) is 29.9 Å². The van der Waals surface area contributed by atoms with Crippen LogP contribution in [0.15, 0.2) is 24.5 Å². The van der Waals surface area contributed by atoms with E-state index in [1.165, 1.54) is 12.1 Å². The molecule has 2 heterocycles. The maximum Gasteiger partial charge on any atom is 0.146 e. The fourth-order valence-electron chi connectivity index (χ4n) is 3.02. The van der Waals surface area contributed by atoms with Gasteiger partial charge in [-0.2, -0.15) is 0 Å². The van der Waals surface area contributed by atoms with Crippen LogP contribution in [-0.2, 0) is 0 Å². The van der Waals surface area contributed by atoms with Gasteiger partial charge in [-0.25, -0.2) is 13.8 Å². The first kappa shape index (κ1) is 14.2. The fourth-order valence-corrected chi connectivity index (χ4v) is 3.02. The highest BCUT2D eigenvalue weighted by Gasteiger charge is 2.25. The van der Waals surface area contributed by atoms with E-state index in [-0.39, 0.29) is 11.6 Å². The summed E-state index contributed by atoms with van der Waals surface area (Å²) in [5.41, 5.74) is 0.408. The van der Waals surface area contributed by atoms with Crippen LogP contribution < -0.4 is 5.32 Å². The lowest BCUT2D eigenvalue weighted by atomic mass is 9.99. The van der Waals surface area contributed by atoms with Gasteiger partial charge in [0, 0.05) is 24.5 Å². The zero-order valence-electron chi connectivity index (χ0n) is 12.2. The lowest BCUT2D eigenvalue weighted by molar-refractivity contribution is 0.315. The smallest absolute Gasteiger partial charge is 0.146 e. The van der Waals surface area contributed by atoms with Crippen molar-refractivity contribution in [3.63, 3.8) is 0 Å². The SMILES string of the molecule is Cc1ccc(F)c(-c2nccn2[C@@H]2CCN[C@H](C)C2)c1F. The van der Waals surface area contributed by atoms with Crippen molar-refractivity contribution in [3.05, 3.63) is 41.7 Å². The maximum atomic E-state index is 14.3. The Bertz CT molecular complexity index is 651. The van der Waals surface area contributed by atoms with Crippen molar-refractivity contribution in [2.75, 3.05) is 6.54 Å². The van der Waals surface area contributed by atoms with Gasteiger partial charge >= 0.3 is 0 Å². The number of aromatic nitrogens is 2. The van der Waals surface area contributed by atoms with Gasteiger partial charge in [-0.05, 0) is 44.9 Å². The third kappa shape index (κ3) is 2.58. The van der Waals surface area contributed by atoms with Crippen LogP contribution in [-0.4, -0.2) is 22.1 Å². The molecule has 3 rings (SSSR count). The van der Waals surface area contributed by atoms with Crippen LogP contribution in [0.25, 0.3) is 11.4 Å².